The quantitative estimate of drug-likeness (QED) is 0.158. The van der Waals surface area contributed by atoms with Crippen LogP contribution in [-0.4, -0.2) is 25.0 Å². The van der Waals surface area contributed by atoms with Crippen molar-refractivity contribution in [3.05, 3.63) is 85.4 Å². The predicted molar refractivity (Wildman–Crippen MR) is 150 cm³/mol. The van der Waals surface area contributed by atoms with Crippen LogP contribution < -0.4 is 20.1 Å². The average molecular weight is 636 g/mol. The van der Waals surface area contributed by atoms with E-state index in [2.05, 4.69) is 10.6 Å². The van der Waals surface area contributed by atoms with Crippen molar-refractivity contribution >= 4 is 75.1 Å². The zero-order chi connectivity index (χ0) is 26.1. The normalized spacial score (nSPS) is 10.8. The molecule has 3 rings (SSSR count). The van der Waals surface area contributed by atoms with Gasteiger partial charge in [-0.3, -0.25) is 9.59 Å². The monoisotopic (exact) mass is 635 g/mol. The molecule has 0 saturated carbocycles. The Labute approximate surface area is 232 Å². The van der Waals surface area contributed by atoms with Crippen LogP contribution in [0.15, 0.2) is 66.2 Å². The molecule has 184 valence electrons. The molecule has 0 saturated heterocycles. The Morgan fingerprint density at radius 1 is 1.00 bits per heavy atom. The van der Waals surface area contributed by atoms with E-state index in [0.29, 0.717) is 48.7 Å². The fraction of sp³-hybridized carbons (Fsp3) is 0.115. The largest absolute Gasteiger partial charge is 0.490 e. The third-order valence-corrected chi connectivity index (χ3v) is 6.13. The van der Waals surface area contributed by atoms with Crippen molar-refractivity contribution in [3.8, 4) is 17.6 Å². The van der Waals surface area contributed by atoms with Crippen molar-refractivity contribution in [3.63, 3.8) is 0 Å². The molecule has 0 heterocycles. The summed E-state index contributed by atoms with van der Waals surface area (Å²) in [5.41, 5.74) is 1.55. The molecule has 2 amide bonds. The summed E-state index contributed by atoms with van der Waals surface area (Å²) in [5, 5.41) is 15.6. The van der Waals surface area contributed by atoms with E-state index in [0.717, 1.165) is 0 Å². The minimum absolute atomic E-state index is 0.0771. The lowest BCUT2D eigenvalue weighted by molar-refractivity contribution is -0.118. The van der Waals surface area contributed by atoms with Crippen LogP contribution in [0.4, 0.5) is 11.4 Å². The number of hydrogen-bond acceptors (Lipinski definition) is 5. The minimum atomic E-state index is -0.532. The molecule has 0 unspecified atom stereocenters. The predicted octanol–water partition coefficient (Wildman–Crippen LogP) is 6.56. The van der Waals surface area contributed by atoms with E-state index >= 15 is 0 Å². The van der Waals surface area contributed by atoms with Gasteiger partial charge in [0.15, 0.2) is 18.1 Å². The molecular formula is C26H20Cl2IN3O4. The van der Waals surface area contributed by atoms with Crippen LogP contribution >= 0.6 is 45.8 Å². The molecule has 0 fully saturated rings. The Kier molecular flexibility index (Phi) is 9.99. The highest BCUT2D eigenvalue weighted by molar-refractivity contribution is 14.1. The van der Waals surface area contributed by atoms with Crippen LogP contribution in [0.25, 0.3) is 6.08 Å². The number of para-hydroxylation sites is 1. The lowest BCUT2D eigenvalue weighted by Crippen LogP contribution is -2.20. The van der Waals surface area contributed by atoms with E-state index in [1.54, 1.807) is 54.6 Å². The van der Waals surface area contributed by atoms with Gasteiger partial charge in [-0.15, -0.1) is 0 Å². The molecule has 10 heteroatoms. The van der Waals surface area contributed by atoms with Crippen LogP contribution in [0.1, 0.15) is 12.5 Å². The zero-order valence-electron chi connectivity index (χ0n) is 19.0. The number of nitrogens with zero attached hydrogens (tertiary/aromatic N) is 1. The first-order valence-corrected chi connectivity index (χ1v) is 12.5. The Balaban J connectivity index is 1.76. The maximum atomic E-state index is 12.6. The minimum Gasteiger partial charge on any atom is -0.490 e. The van der Waals surface area contributed by atoms with Crippen molar-refractivity contribution < 1.29 is 19.1 Å². The van der Waals surface area contributed by atoms with Gasteiger partial charge in [0.25, 0.3) is 11.8 Å². The molecule has 0 aliphatic heterocycles. The number of hydrogen-bond donors (Lipinski definition) is 2. The first-order chi connectivity index (χ1) is 17.3. The number of amides is 2. The third kappa shape index (κ3) is 7.62. The van der Waals surface area contributed by atoms with Gasteiger partial charge in [0.1, 0.15) is 11.6 Å². The molecule has 2 N–H and O–H groups in total. The summed E-state index contributed by atoms with van der Waals surface area (Å²) in [6, 6.07) is 18.9. The smallest absolute Gasteiger partial charge is 0.266 e. The van der Waals surface area contributed by atoms with Gasteiger partial charge in [0.05, 0.1) is 20.2 Å². The van der Waals surface area contributed by atoms with Gasteiger partial charge >= 0.3 is 0 Å². The summed E-state index contributed by atoms with van der Waals surface area (Å²) in [6.45, 7) is 1.87. The first-order valence-electron chi connectivity index (χ1n) is 10.6. The highest BCUT2D eigenvalue weighted by Gasteiger charge is 2.16. The number of rotatable bonds is 9. The van der Waals surface area contributed by atoms with E-state index in [-0.39, 0.29) is 12.2 Å². The first kappa shape index (κ1) is 27.3. The summed E-state index contributed by atoms with van der Waals surface area (Å²) in [6.07, 6.45) is 1.46. The van der Waals surface area contributed by atoms with Gasteiger partial charge in [-0.2, -0.15) is 5.26 Å². The van der Waals surface area contributed by atoms with E-state index in [1.165, 1.54) is 6.08 Å². The van der Waals surface area contributed by atoms with E-state index < -0.39 is 11.8 Å². The molecule has 0 aliphatic rings. The fourth-order valence-electron chi connectivity index (χ4n) is 3.02. The van der Waals surface area contributed by atoms with Crippen molar-refractivity contribution in [1.82, 2.24) is 0 Å². The fourth-order valence-corrected chi connectivity index (χ4v) is 4.10. The van der Waals surface area contributed by atoms with Crippen LogP contribution in [0.5, 0.6) is 11.5 Å². The maximum Gasteiger partial charge on any atom is 0.266 e. The number of nitrogens with one attached hydrogen (secondary N) is 2. The molecule has 3 aromatic rings. The Bertz CT molecular complexity index is 1340. The lowest BCUT2D eigenvalue weighted by Gasteiger charge is -2.15. The number of carbonyl (C=O) groups is 2. The standard InChI is InChI=1S/C26H20Cl2IN3O4/c1-2-35-23-12-16(10-17(14-30)26(34)32-18-6-4-3-5-7-18)11-22(29)25(23)36-15-24(33)31-19-8-9-20(27)21(28)13-19/h3-13H,2,15H2,1H3,(H,31,33)(H,32,34)/b17-10+. The van der Waals surface area contributed by atoms with Crippen LogP contribution in [0, 0.1) is 14.9 Å². The highest BCUT2D eigenvalue weighted by Crippen LogP contribution is 2.35. The molecular weight excluding hydrogens is 616 g/mol. The van der Waals surface area contributed by atoms with E-state index in [4.69, 9.17) is 32.7 Å². The summed E-state index contributed by atoms with van der Waals surface area (Å²) in [7, 11) is 0. The zero-order valence-corrected chi connectivity index (χ0v) is 22.6. The van der Waals surface area contributed by atoms with Gasteiger partial charge in [-0.1, -0.05) is 41.4 Å². The molecule has 36 heavy (non-hydrogen) atoms. The molecule has 0 spiro atoms. The summed E-state index contributed by atoms with van der Waals surface area (Å²) in [5.74, 6) is -0.194. The second-order valence-corrected chi connectivity index (χ2v) is 9.20. The summed E-state index contributed by atoms with van der Waals surface area (Å²) < 4.78 is 12.1. The van der Waals surface area contributed by atoms with Crippen LogP contribution in [-0.2, 0) is 9.59 Å². The lowest BCUT2D eigenvalue weighted by atomic mass is 10.1. The Morgan fingerprint density at radius 3 is 2.42 bits per heavy atom. The average Bonchev–Trinajstić information content (AvgIpc) is 2.85. The van der Waals surface area contributed by atoms with Crippen LogP contribution in [0.2, 0.25) is 10.0 Å². The van der Waals surface area contributed by atoms with Gasteiger partial charge in [0, 0.05) is 11.4 Å². The number of benzene rings is 3. The third-order valence-electron chi connectivity index (χ3n) is 4.59. The number of halogens is 3. The van der Waals surface area contributed by atoms with E-state index in [1.807, 2.05) is 41.7 Å². The number of nitriles is 1. The van der Waals surface area contributed by atoms with Crippen molar-refractivity contribution in [2.24, 2.45) is 0 Å². The Hall–Kier alpha value is -3.26. The van der Waals surface area contributed by atoms with Crippen molar-refractivity contribution in [2.75, 3.05) is 23.8 Å². The molecule has 0 aliphatic carbocycles. The second-order valence-electron chi connectivity index (χ2n) is 7.22. The molecule has 3 aromatic carbocycles. The van der Waals surface area contributed by atoms with Crippen molar-refractivity contribution in [1.29, 1.82) is 5.26 Å². The van der Waals surface area contributed by atoms with Gasteiger partial charge in [0.2, 0.25) is 0 Å². The van der Waals surface area contributed by atoms with E-state index in [9.17, 15) is 14.9 Å². The highest BCUT2D eigenvalue weighted by atomic mass is 127. The topological polar surface area (TPSA) is 100 Å². The number of carbonyl (C=O) groups excluding carboxylic acids is 2. The molecule has 0 aromatic heterocycles. The number of ether oxygens (including phenoxy) is 2. The van der Waals surface area contributed by atoms with Gasteiger partial charge in [-0.05, 0) is 83.6 Å². The molecule has 0 radical (unpaired) electrons. The Morgan fingerprint density at radius 2 is 1.75 bits per heavy atom. The maximum absolute atomic E-state index is 12.6. The summed E-state index contributed by atoms with van der Waals surface area (Å²) >= 11 is 13.9. The van der Waals surface area contributed by atoms with Gasteiger partial charge < -0.3 is 20.1 Å². The van der Waals surface area contributed by atoms with Gasteiger partial charge in [-0.25, -0.2) is 0 Å². The molecule has 0 bridgehead atoms. The number of anilines is 2. The second kappa shape index (κ2) is 13.2. The molecule has 0 atom stereocenters. The summed E-state index contributed by atoms with van der Waals surface area (Å²) in [4.78, 5) is 25.0. The van der Waals surface area contributed by atoms with Crippen LogP contribution in [0.3, 0.4) is 0 Å². The van der Waals surface area contributed by atoms with Crippen molar-refractivity contribution in [2.45, 2.75) is 6.92 Å². The SMILES string of the molecule is CCOc1cc(/C=C(\C#N)C(=O)Nc2ccccc2)cc(I)c1OCC(=O)Nc1ccc(Cl)c(Cl)c1. The molecule has 7 nitrogen and oxygen atoms in total.